The summed E-state index contributed by atoms with van der Waals surface area (Å²) < 4.78 is 5.15. The van der Waals surface area contributed by atoms with E-state index in [9.17, 15) is 10.2 Å². The van der Waals surface area contributed by atoms with E-state index < -0.39 is 0 Å². The van der Waals surface area contributed by atoms with E-state index in [1.54, 1.807) is 31.4 Å². The summed E-state index contributed by atoms with van der Waals surface area (Å²) in [6.45, 7) is 0. The van der Waals surface area contributed by atoms with Crippen LogP contribution in [-0.4, -0.2) is 17.3 Å². The van der Waals surface area contributed by atoms with Crippen molar-refractivity contribution in [2.24, 2.45) is 5.92 Å². The maximum absolute atomic E-state index is 9.55. The molecule has 0 aromatic heterocycles. The number of phenolic OH excluding ortho intramolecular Hbond substituents is 1. The first kappa shape index (κ1) is 12.3. The number of aliphatic hydroxyl groups is 1. The second-order valence-electron chi connectivity index (χ2n) is 4.22. The summed E-state index contributed by atoms with van der Waals surface area (Å²) in [6, 6.07) is 6.97. The van der Waals surface area contributed by atoms with Gasteiger partial charge in [-0.05, 0) is 23.8 Å². The molecule has 94 valence electrons. The van der Waals surface area contributed by atoms with Gasteiger partial charge in [0.2, 0.25) is 0 Å². The topological polar surface area (TPSA) is 49.7 Å². The fourth-order valence-electron chi connectivity index (χ4n) is 1.87. The fraction of sp³-hybridized carbons (Fsp3) is 0.200. The fourth-order valence-corrected chi connectivity index (χ4v) is 1.87. The van der Waals surface area contributed by atoms with Crippen molar-refractivity contribution in [1.29, 1.82) is 0 Å². The largest absolute Gasteiger partial charge is 0.508 e. The van der Waals surface area contributed by atoms with E-state index in [-0.39, 0.29) is 17.4 Å². The van der Waals surface area contributed by atoms with Gasteiger partial charge in [0.05, 0.1) is 7.11 Å². The van der Waals surface area contributed by atoms with Crippen LogP contribution in [0.25, 0.3) is 6.08 Å². The molecular formula is C15H16O3. The molecule has 3 heteroatoms. The van der Waals surface area contributed by atoms with Crippen LogP contribution in [0.15, 0.2) is 54.0 Å². The molecule has 1 aliphatic rings. The van der Waals surface area contributed by atoms with E-state index in [0.29, 0.717) is 0 Å². The van der Waals surface area contributed by atoms with E-state index in [4.69, 9.17) is 4.74 Å². The molecule has 1 atom stereocenters. The average molecular weight is 244 g/mol. The van der Waals surface area contributed by atoms with Crippen molar-refractivity contribution in [3.8, 4) is 5.75 Å². The van der Waals surface area contributed by atoms with Gasteiger partial charge in [0.15, 0.2) is 0 Å². The number of aromatic hydroxyl groups is 1. The molecule has 0 aliphatic heterocycles. The van der Waals surface area contributed by atoms with Crippen molar-refractivity contribution in [1.82, 2.24) is 0 Å². The third kappa shape index (κ3) is 3.17. The van der Waals surface area contributed by atoms with Crippen LogP contribution in [-0.2, 0) is 4.74 Å². The summed E-state index contributed by atoms with van der Waals surface area (Å²) in [5.74, 6) is 1.39. The molecule has 2 N–H and O–H groups in total. The normalized spacial score (nSPS) is 19.5. The summed E-state index contributed by atoms with van der Waals surface area (Å²) in [5, 5.41) is 18.7. The van der Waals surface area contributed by atoms with Gasteiger partial charge in [-0.15, -0.1) is 0 Å². The number of methoxy groups -OCH3 is 1. The van der Waals surface area contributed by atoms with Crippen LogP contribution in [0.1, 0.15) is 12.0 Å². The van der Waals surface area contributed by atoms with Crippen molar-refractivity contribution >= 4 is 6.08 Å². The molecule has 0 bridgehead atoms. The molecule has 1 aromatic rings. The van der Waals surface area contributed by atoms with E-state index in [1.165, 1.54) is 0 Å². The summed E-state index contributed by atoms with van der Waals surface area (Å²) in [4.78, 5) is 0. The smallest absolute Gasteiger partial charge is 0.115 e. The van der Waals surface area contributed by atoms with Gasteiger partial charge in [0, 0.05) is 18.4 Å². The molecule has 2 rings (SSSR count). The molecule has 0 fully saturated rings. The average Bonchev–Trinajstić information content (AvgIpc) is 2.37. The minimum absolute atomic E-state index is 0.124. The first-order valence-electron chi connectivity index (χ1n) is 5.80. The first-order chi connectivity index (χ1) is 8.67. The number of rotatable bonds is 3. The maximum Gasteiger partial charge on any atom is 0.115 e. The van der Waals surface area contributed by atoms with Crippen LogP contribution in [0, 0.1) is 5.92 Å². The zero-order valence-corrected chi connectivity index (χ0v) is 10.2. The first-order valence-corrected chi connectivity index (χ1v) is 5.80. The van der Waals surface area contributed by atoms with Gasteiger partial charge in [0.1, 0.15) is 17.3 Å². The van der Waals surface area contributed by atoms with E-state index >= 15 is 0 Å². The van der Waals surface area contributed by atoms with Gasteiger partial charge in [0.25, 0.3) is 0 Å². The summed E-state index contributed by atoms with van der Waals surface area (Å²) >= 11 is 0. The summed E-state index contributed by atoms with van der Waals surface area (Å²) in [7, 11) is 1.60. The summed E-state index contributed by atoms with van der Waals surface area (Å²) in [6.07, 6.45) is 8.14. The van der Waals surface area contributed by atoms with E-state index in [2.05, 4.69) is 0 Å². The van der Waals surface area contributed by atoms with E-state index in [1.807, 2.05) is 24.3 Å². The van der Waals surface area contributed by atoms with Gasteiger partial charge in [-0.2, -0.15) is 0 Å². The molecule has 18 heavy (non-hydrogen) atoms. The highest BCUT2D eigenvalue weighted by Gasteiger charge is 2.12. The molecule has 3 nitrogen and oxygen atoms in total. The Morgan fingerprint density at radius 1 is 1.22 bits per heavy atom. The third-order valence-electron chi connectivity index (χ3n) is 2.82. The van der Waals surface area contributed by atoms with Crippen molar-refractivity contribution < 1.29 is 14.9 Å². The van der Waals surface area contributed by atoms with Crippen LogP contribution in [0.5, 0.6) is 5.75 Å². The number of hydrogen-bond donors (Lipinski definition) is 2. The number of ether oxygens (including phenoxy) is 1. The number of phenols is 1. The Morgan fingerprint density at radius 2 is 1.94 bits per heavy atom. The number of aliphatic hydroxyl groups excluding tert-OH is 1. The number of benzene rings is 1. The molecule has 1 unspecified atom stereocenters. The molecule has 1 aromatic carbocycles. The second kappa shape index (κ2) is 5.45. The lowest BCUT2D eigenvalue weighted by atomic mass is 9.97. The van der Waals surface area contributed by atoms with Gasteiger partial charge in [-0.1, -0.05) is 24.3 Å². The standard InChI is InChI=1S/C15H16O3/c1-18-15-9-12(8-14(17)10-15)3-2-11-4-6-13(16)7-5-11/h2-8,10,12,16-17H,9H2,1H3. The van der Waals surface area contributed by atoms with E-state index in [0.717, 1.165) is 17.7 Å². The second-order valence-corrected chi connectivity index (χ2v) is 4.22. The van der Waals surface area contributed by atoms with Gasteiger partial charge >= 0.3 is 0 Å². The van der Waals surface area contributed by atoms with Crippen LogP contribution < -0.4 is 0 Å². The Labute approximate surface area is 106 Å². The third-order valence-corrected chi connectivity index (χ3v) is 2.82. The highest BCUT2D eigenvalue weighted by atomic mass is 16.5. The van der Waals surface area contributed by atoms with Gasteiger partial charge < -0.3 is 14.9 Å². The number of hydrogen-bond acceptors (Lipinski definition) is 3. The van der Waals surface area contributed by atoms with Gasteiger partial charge in [-0.3, -0.25) is 0 Å². The molecule has 0 heterocycles. The molecule has 0 spiro atoms. The Kier molecular flexibility index (Phi) is 3.72. The van der Waals surface area contributed by atoms with Crippen molar-refractivity contribution in [3.63, 3.8) is 0 Å². The van der Waals surface area contributed by atoms with Gasteiger partial charge in [-0.25, -0.2) is 0 Å². The number of allylic oxidation sites excluding steroid dienone is 4. The quantitative estimate of drug-likeness (QED) is 0.856. The molecule has 1 aliphatic carbocycles. The predicted molar refractivity (Wildman–Crippen MR) is 71.1 cm³/mol. The lowest BCUT2D eigenvalue weighted by Gasteiger charge is -2.15. The van der Waals surface area contributed by atoms with Crippen molar-refractivity contribution in [2.75, 3.05) is 7.11 Å². The van der Waals surface area contributed by atoms with Crippen molar-refractivity contribution in [3.05, 3.63) is 59.6 Å². The monoisotopic (exact) mass is 244 g/mol. The van der Waals surface area contributed by atoms with Crippen LogP contribution in [0.2, 0.25) is 0 Å². The minimum Gasteiger partial charge on any atom is -0.508 e. The van der Waals surface area contributed by atoms with Crippen molar-refractivity contribution in [2.45, 2.75) is 6.42 Å². The predicted octanol–water partition coefficient (Wildman–Crippen LogP) is 3.40. The van der Waals surface area contributed by atoms with Crippen LogP contribution in [0.3, 0.4) is 0 Å². The van der Waals surface area contributed by atoms with Crippen LogP contribution >= 0.6 is 0 Å². The van der Waals surface area contributed by atoms with Crippen LogP contribution in [0.4, 0.5) is 0 Å². The molecule has 0 radical (unpaired) electrons. The molecule has 0 amide bonds. The summed E-state index contributed by atoms with van der Waals surface area (Å²) in [5.41, 5.74) is 1.01. The Hall–Kier alpha value is -2.16. The maximum atomic E-state index is 9.55. The lowest BCUT2D eigenvalue weighted by molar-refractivity contribution is 0.263. The molecular weight excluding hydrogens is 228 g/mol. The molecule has 0 saturated carbocycles. The lowest BCUT2D eigenvalue weighted by Crippen LogP contribution is -2.03. The Bertz CT molecular complexity index is 495. The zero-order valence-electron chi connectivity index (χ0n) is 10.2. The molecule has 0 saturated heterocycles. The SMILES string of the molecule is COC1=CC(O)=CC(C=Cc2ccc(O)cc2)C1. The Morgan fingerprint density at radius 3 is 2.61 bits per heavy atom. The highest BCUT2D eigenvalue weighted by molar-refractivity contribution is 5.51. The Balaban J connectivity index is 2.06. The highest BCUT2D eigenvalue weighted by Crippen LogP contribution is 2.24. The zero-order chi connectivity index (χ0) is 13.0. The minimum atomic E-state index is 0.124.